The maximum atomic E-state index is 12.4. The highest BCUT2D eigenvalue weighted by Crippen LogP contribution is 2.37. The first-order valence-electron chi connectivity index (χ1n) is 7.51. The van der Waals surface area contributed by atoms with Gasteiger partial charge in [-0.25, -0.2) is 0 Å². The molecule has 1 aromatic rings. The first kappa shape index (κ1) is 15.0. The lowest BCUT2D eigenvalue weighted by Gasteiger charge is -2.48. The van der Waals surface area contributed by atoms with Gasteiger partial charge in [0.15, 0.2) is 0 Å². The first-order chi connectivity index (χ1) is 9.36. The summed E-state index contributed by atoms with van der Waals surface area (Å²) in [6.45, 7) is 8.41. The quantitative estimate of drug-likeness (QED) is 0.901. The molecule has 2 N–H and O–H groups in total. The van der Waals surface area contributed by atoms with Crippen LogP contribution in [0.4, 0.5) is 0 Å². The van der Waals surface area contributed by atoms with Crippen molar-refractivity contribution in [2.45, 2.75) is 64.6 Å². The van der Waals surface area contributed by atoms with Gasteiger partial charge in [-0.2, -0.15) is 0 Å². The van der Waals surface area contributed by atoms with E-state index in [9.17, 15) is 4.79 Å². The topological polar surface area (TPSA) is 46.3 Å². The van der Waals surface area contributed by atoms with Gasteiger partial charge in [0.25, 0.3) is 0 Å². The fraction of sp³-hybridized carbons (Fsp3) is 0.588. The van der Waals surface area contributed by atoms with Crippen molar-refractivity contribution < 1.29 is 4.79 Å². The lowest BCUT2D eigenvalue weighted by molar-refractivity contribution is -0.144. The molecule has 0 radical (unpaired) electrons. The molecule has 20 heavy (non-hydrogen) atoms. The Morgan fingerprint density at radius 2 is 1.95 bits per heavy atom. The van der Waals surface area contributed by atoms with E-state index in [0.717, 1.165) is 12.8 Å². The average molecular weight is 274 g/mol. The van der Waals surface area contributed by atoms with Gasteiger partial charge < -0.3 is 10.6 Å². The first-order valence-corrected chi connectivity index (χ1v) is 7.51. The number of piperidine rings is 1. The Labute approximate surface area is 122 Å². The largest absolute Gasteiger partial charge is 0.329 e. The molecule has 0 aliphatic carbocycles. The van der Waals surface area contributed by atoms with E-state index in [1.54, 1.807) is 0 Å². The molecule has 2 atom stereocenters. The molecule has 1 heterocycles. The van der Waals surface area contributed by atoms with Crippen molar-refractivity contribution in [1.29, 1.82) is 0 Å². The van der Waals surface area contributed by atoms with Gasteiger partial charge in [0.2, 0.25) is 5.91 Å². The van der Waals surface area contributed by atoms with Crippen molar-refractivity contribution in [3.63, 3.8) is 0 Å². The van der Waals surface area contributed by atoms with Crippen molar-refractivity contribution in [2.75, 3.05) is 0 Å². The molecule has 1 amide bonds. The summed E-state index contributed by atoms with van der Waals surface area (Å²) in [5, 5.41) is 0. The average Bonchev–Trinajstić information content (AvgIpc) is 2.39. The summed E-state index contributed by atoms with van der Waals surface area (Å²) in [5.41, 5.74) is 8.68. The lowest BCUT2D eigenvalue weighted by Crippen LogP contribution is -2.56. The van der Waals surface area contributed by atoms with Crippen LogP contribution < -0.4 is 5.73 Å². The number of benzene rings is 1. The van der Waals surface area contributed by atoms with Crippen LogP contribution >= 0.6 is 0 Å². The lowest BCUT2D eigenvalue weighted by atomic mass is 9.84. The summed E-state index contributed by atoms with van der Waals surface area (Å²) in [6, 6.07) is 8.37. The van der Waals surface area contributed by atoms with Crippen LogP contribution in [0.1, 0.15) is 57.7 Å². The number of carbonyl (C=O) groups excluding carboxylic acids is 1. The van der Waals surface area contributed by atoms with Crippen molar-refractivity contribution in [3.05, 3.63) is 35.4 Å². The molecule has 110 valence electrons. The third-order valence-corrected chi connectivity index (χ3v) is 4.12. The molecule has 3 heteroatoms. The summed E-state index contributed by atoms with van der Waals surface area (Å²) in [4.78, 5) is 14.4. The molecule has 0 aromatic heterocycles. The minimum atomic E-state index is -0.208. The number of hydrogen-bond acceptors (Lipinski definition) is 2. The number of amides is 1. The molecular formula is C17H26N2O. The van der Waals surface area contributed by atoms with Crippen molar-refractivity contribution in [2.24, 2.45) is 5.73 Å². The molecule has 1 saturated heterocycles. The molecule has 0 saturated carbocycles. The molecule has 1 aromatic carbocycles. The Kier molecular flexibility index (Phi) is 4.19. The Morgan fingerprint density at radius 1 is 1.30 bits per heavy atom. The molecule has 2 unspecified atom stereocenters. The zero-order valence-corrected chi connectivity index (χ0v) is 13.0. The number of carbonyl (C=O) groups is 1. The number of aryl methyl sites for hydroxylation is 1. The van der Waals surface area contributed by atoms with Crippen LogP contribution in [0.3, 0.4) is 0 Å². The monoisotopic (exact) mass is 274 g/mol. The van der Waals surface area contributed by atoms with E-state index < -0.39 is 0 Å². The fourth-order valence-electron chi connectivity index (χ4n) is 3.22. The van der Waals surface area contributed by atoms with Crippen LogP contribution in [0.15, 0.2) is 24.3 Å². The zero-order valence-electron chi connectivity index (χ0n) is 13.0. The Balaban J connectivity index is 2.51. The van der Waals surface area contributed by atoms with Gasteiger partial charge >= 0.3 is 0 Å². The second-order valence-electron chi connectivity index (χ2n) is 6.63. The SMILES string of the molecule is CCc1ccccc1C1C(N)CCC(=O)N1C(C)(C)C. The summed E-state index contributed by atoms with van der Waals surface area (Å²) in [5.74, 6) is 0.218. The molecule has 2 rings (SSSR count). The van der Waals surface area contributed by atoms with Gasteiger partial charge in [-0.3, -0.25) is 4.79 Å². The van der Waals surface area contributed by atoms with E-state index in [1.165, 1.54) is 11.1 Å². The maximum Gasteiger partial charge on any atom is 0.223 e. The minimum absolute atomic E-state index is 0.00704. The second-order valence-corrected chi connectivity index (χ2v) is 6.63. The van der Waals surface area contributed by atoms with Crippen LogP contribution in [0, 0.1) is 0 Å². The van der Waals surface area contributed by atoms with E-state index in [-0.39, 0.29) is 23.5 Å². The Morgan fingerprint density at radius 3 is 2.55 bits per heavy atom. The molecule has 1 fully saturated rings. The summed E-state index contributed by atoms with van der Waals surface area (Å²) < 4.78 is 0. The number of nitrogens with zero attached hydrogens (tertiary/aromatic N) is 1. The van der Waals surface area contributed by atoms with Crippen LogP contribution in [0.2, 0.25) is 0 Å². The standard InChI is InChI=1S/C17H26N2O/c1-5-12-8-6-7-9-13(12)16-14(18)10-11-15(20)19(16)17(2,3)4/h6-9,14,16H,5,10-11,18H2,1-4H3. The third kappa shape index (κ3) is 2.73. The van der Waals surface area contributed by atoms with Gasteiger partial charge in [0.05, 0.1) is 6.04 Å². The minimum Gasteiger partial charge on any atom is -0.329 e. The highest BCUT2D eigenvalue weighted by atomic mass is 16.2. The van der Waals surface area contributed by atoms with E-state index in [0.29, 0.717) is 6.42 Å². The molecule has 3 nitrogen and oxygen atoms in total. The van der Waals surface area contributed by atoms with Gasteiger partial charge in [-0.1, -0.05) is 31.2 Å². The molecule has 0 bridgehead atoms. The second kappa shape index (κ2) is 5.57. The van der Waals surface area contributed by atoms with Gasteiger partial charge in [0, 0.05) is 18.0 Å². The molecule has 1 aliphatic heterocycles. The summed E-state index contributed by atoms with van der Waals surface area (Å²) in [6.07, 6.45) is 2.29. The van der Waals surface area contributed by atoms with Crippen molar-refractivity contribution >= 4 is 5.91 Å². The van der Waals surface area contributed by atoms with Crippen molar-refractivity contribution in [1.82, 2.24) is 4.90 Å². The fourth-order valence-corrected chi connectivity index (χ4v) is 3.22. The van der Waals surface area contributed by atoms with Crippen LogP contribution in [0.25, 0.3) is 0 Å². The Hall–Kier alpha value is -1.35. The van der Waals surface area contributed by atoms with Crippen LogP contribution in [-0.4, -0.2) is 22.4 Å². The van der Waals surface area contributed by atoms with Crippen LogP contribution in [-0.2, 0) is 11.2 Å². The van der Waals surface area contributed by atoms with Crippen LogP contribution in [0.5, 0.6) is 0 Å². The molecular weight excluding hydrogens is 248 g/mol. The van der Waals surface area contributed by atoms with Crippen molar-refractivity contribution in [3.8, 4) is 0 Å². The summed E-state index contributed by atoms with van der Waals surface area (Å²) >= 11 is 0. The maximum absolute atomic E-state index is 12.4. The van der Waals surface area contributed by atoms with E-state index in [2.05, 4.69) is 45.9 Å². The molecule has 0 spiro atoms. The number of likely N-dealkylation sites (tertiary alicyclic amines) is 1. The normalized spacial score (nSPS) is 24.1. The highest BCUT2D eigenvalue weighted by molar-refractivity contribution is 5.78. The van der Waals surface area contributed by atoms with Gasteiger partial charge in [0.1, 0.15) is 0 Å². The summed E-state index contributed by atoms with van der Waals surface area (Å²) in [7, 11) is 0. The van der Waals surface area contributed by atoms with Gasteiger partial charge in [-0.15, -0.1) is 0 Å². The number of hydrogen-bond donors (Lipinski definition) is 1. The number of rotatable bonds is 2. The predicted molar refractivity (Wildman–Crippen MR) is 82.4 cm³/mol. The van der Waals surface area contributed by atoms with E-state index in [4.69, 9.17) is 5.73 Å². The highest BCUT2D eigenvalue weighted by Gasteiger charge is 2.41. The van der Waals surface area contributed by atoms with Gasteiger partial charge in [-0.05, 0) is 44.7 Å². The zero-order chi connectivity index (χ0) is 14.9. The Bertz CT molecular complexity index is 490. The third-order valence-electron chi connectivity index (χ3n) is 4.12. The number of nitrogens with two attached hydrogens (primary N) is 1. The van der Waals surface area contributed by atoms with E-state index in [1.807, 2.05) is 11.0 Å². The molecule has 1 aliphatic rings. The predicted octanol–water partition coefficient (Wildman–Crippen LogP) is 3.04. The smallest absolute Gasteiger partial charge is 0.223 e. The van der Waals surface area contributed by atoms with E-state index >= 15 is 0 Å².